The third-order valence-corrected chi connectivity index (χ3v) is 8.59. The number of halogens is 13. The molecule has 0 aliphatic carbocycles. The smallest absolute Gasteiger partial charge is 0.460 e. The van der Waals surface area contributed by atoms with Crippen molar-refractivity contribution in [3.63, 3.8) is 0 Å². The Morgan fingerprint density at radius 2 is 1.04 bits per heavy atom. The number of alkyl halides is 13. The van der Waals surface area contributed by atoms with E-state index in [1.807, 2.05) is 0 Å². The number of thioether (sulfide) groups is 1. The molecule has 0 spiro atoms. The van der Waals surface area contributed by atoms with Gasteiger partial charge in [-0.1, -0.05) is 64.7 Å². The summed E-state index contributed by atoms with van der Waals surface area (Å²) in [5.41, 5.74) is 0.147. The molecule has 0 saturated carbocycles. The van der Waals surface area contributed by atoms with Gasteiger partial charge in [-0.2, -0.15) is 57.1 Å². The SMILES string of the molecule is CCCCCCCCCCCCOc1ccc(C(=O)Oc2ccc(SCCC(F)(F)C(F)(F)C(F)(F)C(F)(F)C(F)(F)C(F)(F)F)cc2)cc1. The first-order chi connectivity index (χ1) is 23.1. The highest BCUT2D eigenvalue weighted by Crippen LogP contribution is 2.60. The van der Waals surface area contributed by atoms with Gasteiger partial charge in [0.25, 0.3) is 0 Å². The molecule has 50 heavy (non-hydrogen) atoms. The van der Waals surface area contributed by atoms with Crippen LogP contribution in [0.4, 0.5) is 57.1 Å². The third-order valence-electron chi connectivity index (χ3n) is 7.57. The predicted molar refractivity (Wildman–Crippen MR) is 161 cm³/mol. The van der Waals surface area contributed by atoms with Crippen LogP contribution in [0.15, 0.2) is 53.4 Å². The number of rotatable bonds is 22. The molecule has 0 bridgehead atoms. The van der Waals surface area contributed by atoms with Gasteiger partial charge in [-0.15, -0.1) is 11.8 Å². The van der Waals surface area contributed by atoms with Crippen LogP contribution < -0.4 is 9.47 Å². The minimum Gasteiger partial charge on any atom is -0.494 e. The summed E-state index contributed by atoms with van der Waals surface area (Å²) in [7, 11) is 0. The fourth-order valence-corrected chi connectivity index (χ4v) is 5.42. The number of ether oxygens (including phenoxy) is 2. The Kier molecular flexibility index (Phi) is 15.7. The number of benzene rings is 2. The standard InChI is InChI=1S/C33H37F13O3S/c1-2-3-4-5-6-7-8-9-10-11-21-48-24-14-12-23(13-15-24)27(47)49-25-16-18-26(19-17-25)50-22-20-28(34,35)29(36,37)30(38,39)31(40,41)32(42,43)33(44,45)46/h12-19H,2-11,20-22H2,1H3. The Hall–Kier alpha value is -2.85. The topological polar surface area (TPSA) is 35.5 Å². The lowest BCUT2D eigenvalue weighted by Crippen LogP contribution is -2.70. The van der Waals surface area contributed by atoms with Crippen LogP contribution in [-0.4, -0.2) is 54.1 Å². The van der Waals surface area contributed by atoms with E-state index in [0.717, 1.165) is 43.5 Å². The Bertz CT molecular complexity index is 1320. The van der Waals surface area contributed by atoms with E-state index < -0.39 is 53.9 Å². The first kappa shape index (κ1) is 43.3. The van der Waals surface area contributed by atoms with Crippen molar-refractivity contribution >= 4 is 17.7 Å². The van der Waals surface area contributed by atoms with Crippen LogP contribution >= 0.6 is 11.8 Å². The van der Waals surface area contributed by atoms with Gasteiger partial charge in [0.05, 0.1) is 12.2 Å². The molecule has 0 amide bonds. The van der Waals surface area contributed by atoms with Gasteiger partial charge in [0.2, 0.25) is 0 Å². The van der Waals surface area contributed by atoms with Crippen LogP contribution in [0.5, 0.6) is 11.5 Å². The first-order valence-corrected chi connectivity index (χ1v) is 16.7. The van der Waals surface area contributed by atoms with E-state index in [0.29, 0.717) is 24.1 Å². The largest absolute Gasteiger partial charge is 0.494 e. The van der Waals surface area contributed by atoms with Crippen LogP contribution in [0, 0.1) is 0 Å². The lowest BCUT2D eigenvalue weighted by Gasteiger charge is -2.39. The zero-order valence-corrected chi connectivity index (χ0v) is 27.7. The van der Waals surface area contributed by atoms with E-state index in [1.54, 1.807) is 12.1 Å². The van der Waals surface area contributed by atoms with Gasteiger partial charge < -0.3 is 9.47 Å². The molecule has 0 unspecified atom stereocenters. The van der Waals surface area contributed by atoms with Crippen LogP contribution in [0.1, 0.15) is 87.9 Å². The summed E-state index contributed by atoms with van der Waals surface area (Å²) in [6.07, 6.45) is 2.02. The number of unbranched alkanes of at least 4 members (excludes halogenated alkanes) is 9. The highest BCUT2D eigenvalue weighted by molar-refractivity contribution is 7.99. The monoisotopic (exact) mass is 760 g/mol. The zero-order valence-electron chi connectivity index (χ0n) is 26.9. The van der Waals surface area contributed by atoms with Gasteiger partial charge in [0.1, 0.15) is 11.5 Å². The summed E-state index contributed by atoms with van der Waals surface area (Å²) in [4.78, 5) is 12.5. The van der Waals surface area contributed by atoms with Gasteiger partial charge >= 0.3 is 41.8 Å². The van der Waals surface area contributed by atoms with Gasteiger partial charge in [-0.3, -0.25) is 0 Å². The molecular weight excluding hydrogens is 723 g/mol. The average Bonchev–Trinajstić information content (AvgIpc) is 3.03. The van der Waals surface area contributed by atoms with Crippen LogP contribution in [-0.2, 0) is 0 Å². The summed E-state index contributed by atoms with van der Waals surface area (Å²) in [6, 6.07) is 10.7. The number of hydrogen-bond donors (Lipinski definition) is 0. The molecule has 2 aromatic carbocycles. The maximum Gasteiger partial charge on any atom is 0.460 e. The highest BCUT2D eigenvalue weighted by Gasteiger charge is 2.90. The van der Waals surface area contributed by atoms with E-state index in [2.05, 4.69) is 6.92 Å². The van der Waals surface area contributed by atoms with E-state index in [9.17, 15) is 61.9 Å². The summed E-state index contributed by atoms with van der Waals surface area (Å²) in [5.74, 6) is -38.4. The lowest BCUT2D eigenvalue weighted by molar-refractivity contribution is -0.439. The molecule has 17 heteroatoms. The maximum atomic E-state index is 14.0. The summed E-state index contributed by atoms with van der Waals surface area (Å²) in [5, 5.41) is 0. The zero-order chi connectivity index (χ0) is 37.9. The Morgan fingerprint density at radius 1 is 0.580 bits per heavy atom. The van der Waals surface area contributed by atoms with Crippen LogP contribution in [0.25, 0.3) is 0 Å². The van der Waals surface area contributed by atoms with Crippen LogP contribution in [0.3, 0.4) is 0 Å². The first-order valence-electron chi connectivity index (χ1n) is 15.8. The Morgan fingerprint density at radius 3 is 1.54 bits per heavy atom. The number of esters is 1. The summed E-state index contributed by atoms with van der Waals surface area (Å²) < 4.78 is 183. The van der Waals surface area contributed by atoms with Gasteiger partial charge in [-0.25, -0.2) is 4.79 Å². The third kappa shape index (κ3) is 10.8. The minimum absolute atomic E-state index is 0.00789. The molecule has 0 heterocycles. The van der Waals surface area contributed by atoms with Crippen molar-refractivity contribution in [2.24, 2.45) is 0 Å². The molecule has 2 aromatic rings. The fourth-order valence-electron chi connectivity index (χ4n) is 4.49. The van der Waals surface area contributed by atoms with Gasteiger partial charge in [0.15, 0.2) is 0 Å². The molecule has 0 aliphatic rings. The van der Waals surface area contributed by atoms with Crippen molar-refractivity contribution < 1.29 is 71.3 Å². The van der Waals surface area contributed by atoms with E-state index >= 15 is 0 Å². The number of hydrogen-bond acceptors (Lipinski definition) is 4. The van der Waals surface area contributed by atoms with E-state index in [4.69, 9.17) is 9.47 Å². The molecule has 0 aromatic heterocycles. The minimum atomic E-state index is -7.92. The molecule has 3 nitrogen and oxygen atoms in total. The van der Waals surface area contributed by atoms with Gasteiger partial charge in [-0.05, 0) is 55.0 Å². The predicted octanol–water partition coefficient (Wildman–Crippen LogP) is 12.4. The Labute approximate surface area is 285 Å². The van der Waals surface area contributed by atoms with Crippen molar-refractivity contribution in [3.8, 4) is 11.5 Å². The summed E-state index contributed by atoms with van der Waals surface area (Å²) >= 11 is 0.304. The molecule has 0 saturated heterocycles. The molecule has 0 aliphatic heterocycles. The molecule has 0 N–H and O–H groups in total. The normalized spacial score (nSPS) is 13.4. The highest BCUT2D eigenvalue weighted by atomic mass is 32.2. The maximum absolute atomic E-state index is 14.0. The van der Waals surface area contributed by atoms with Crippen molar-refractivity contribution in [1.29, 1.82) is 0 Å². The molecule has 0 fully saturated rings. The Balaban J connectivity index is 1.82. The number of carbonyl (C=O) groups is 1. The molecular formula is C33H37F13O3S. The summed E-state index contributed by atoms with van der Waals surface area (Å²) in [6.45, 7) is 2.69. The lowest BCUT2D eigenvalue weighted by atomic mass is 9.93. The van der Waals surface area contributed by atoms with Gasteiger partial charge in [0, 0.05) is 17.1 Å². The van der Waals surface area contributed by atoms with Crippen LogP contribution in [0.2, 0.25) is 0 Å². The van der Waals surface area contributed by atoms with E-state index in [1.165, 1.54) is 57.1 Å². The van der Waals surface area contributed by atoms with Crippen molar-refractivity contribution in [2.75, 3.05) is 12.4 Å². The van der Waals surface area contributed by atoms with Crippen molar-refractivity contribution in [2.45, 2.75) is 118 Å². The van der Waals surface area contributed by atoms with Crippen molar-refractivity contribution in [1.82, 2.24) is 0 Å². The quantitative estimate of drug-likeness (QED) is 0.0394. The second-order valence-electron chi connectivity index (χ2n) is 11.5. The van der Waals surface area contributed by atoms with Crippen molar-refractivity contribution in [3.05, 3.63) is 54.1 Å². The second kappa shape index (κ2) is 18.1. The fraction of sp³-hybridized carbons (Fsp3) is 0.606. The molecule has 0 atom stereocenters. The molecule has 0 radical (unpaired) electrons. The molecule has 284 valence electrons. The molecule has 2 rings (SSSR count). The van der Waals surface area contributed by atoms with E-state index in [-0.39, 0.29) is 16.2 Å². The average molecular weight is 761 g/mol. The second-order valence-corrected chi connectivity index (χ2v) is 12.7. The number of carbonyl (C=O) groups excluding carboxylic acids is 1.